The number of piperazine rings is 1. The van der Waals surface area contributed by atoms with Crippen LogP contribution < -0.4 is 25.4 Å². The van der Waals surface area contributed by atoms with Crippen molar-refractivity contribution in [1.82, 2.24) is 9.88 Å². The number of nitrogens with two attached hydrogens (primary N) is 1. The van der Waals surface area contributed by atoms with Crippen LogP contribution in [0.25, 0.3) is 0 Å². The van der Waals surface area contributed by atoms with Crippen LogP contribution in [0.4, 0.5) is 11.5 Å². The maximum Gasteiger partial charge on any atom is 0.193 e. The number of aliphatic imine (C=N–C) groups is 1. The van der Waals surface area contributed by atoms with Crippen LogP contribution in [0.2, 0.25) is 0 Å². The zero-order valence-electron chi connectivity index (χ0n) is 17.2. The molecule has 30 heavy (non-hydrogen) atoms. The summed E-state index contributed by atoms with van der Waals surface area (Å²) in [7, 11) is 2.15. The first-order valence-corrected chi connectivity index (χ1v) is 10.0. The van der Waals surface area contributed by atoms with Gasteiger partial charge in [-0.2, -0.15) is 0 Å². The van der Waals surface area contributed by atoms with Gasteiger partial charge in [-0.25, -0.2) is 9.98 Å². The average Bonchev–Trinajstić information content (AvgIpc) is 2.98. The molecular weight excluding hydrogens is 495 g/mol. The van der Waals surface area contributed by atoms with E-state index in [9.17, 15) is 0 Å². The van der Waals surface area contributed by atoms with E-state index >= 15 is 0 Å². The third kappa shape index (κ3) is 5.66. The summed E-state index contributed by atoms with van der Waals surface area (Å²) in [6.45, 7) is 5.80. The summed E-state index contributed by atoms with van der Waals surface area (Å²) in [6, 6.07) is 9.70. The van der Waals surface area contributed by atoms with E-state index in [2.05, 4.69) is 38.2 Å². The van der Waals surface area contributed by atoms with Crippen LogP contribution in [0.1, 0.15) is 12.0 Å². The predicted molar refractivity (Wildman–Crippen MR) is 130 cm³/mol. The summed E-state index contributed by atoms with van der Waals surface area (Å²) in [4.78, 5) is 13.8. The second-order valence-corrected chi connectivity index (χ2v) is 7.31. The SMILES string of the molecule is CN1CCN(c2ncccc2CN=C(N)Nc2ccc3c(c2)OCCCO3)CC1.I. The van der Waals surface area contributed by atoms with E-state index < -0.39 is 0 Å². The highest BCUT2D eigenvalue weighted by atomic mass is 127. The van der Waals surface area contributed by atoms with Crippen molar-refractivity contribution in [2.45, 2.75) is 13.0 Å². The predicted octanol–water partition coefficient (Wildman–Crippen LogP) is 2.54. The quantitative estimate of drug-likeness (QED) is 0.361. The molecule has 0 unspecified atom stereocenters. The number of ether oxygens (including phenoxy) is 2. The zero-order chi connectivity index (χ0) is 20.1. The number of anilines is 2. The summed E-state index contributed by atoms with van der Waals surface area (Å²) in [5, 5.41) is 3.14. The number of pyridine rings is 1. The number of aromatic nitrogens is 1. The van der Waals surface area contributed by atoms with Gasteiger partial charge in [0.1, 0.15) is 5.82 Å². The van der Waals surface area contributed by atoms with E-state index in [1.165, 1.54) is 0 Å². The fourth-order valence-electron chi connectivity index (χ4n) is 3.46. The summed E-state index contributed by atoms with van der Waals surface area (Å²) in [5.41, 5.74) is 8.02. The smallest absolute Gasteiger partial charge is 0.193 e. The molecule has 0 saturated carbocycles. The van der Waals surface area contributed by atoms with Crippen LogP contribution in [0.3, 0.4) is 0 Å². The molecule has 0 atom stereocenters. The summed E-state index contributed by atoms with van der Waals surface area (Å²) in [6.07, 6.45) is 2.71. The molecular formula is C21H29IN6O2. The molecule has 0 spiro atoms. The van der Waals surface area contributed by atoms with Crippen LogP contribution in [0.5, 0.6) is 11.5 Å². The number of nitrogens with one attached hydrogen (secondary N) is 1. The normalized spacial score (nSPS) is 17.1. The highest BCUT2D eigenvalue weighted by molar-refractivity contribution is 14.0. The number of nitrogens with zero attached hydrogens (tertiary/aromatic N) is 4. The van der Waals surface area contributed by atoms with Gasteiger partial charge in [-0.1, -0.05) is 6.07 Å². The van der Waals surface area contributed by atoms with Gasteiger partial charge in [0.15, 0.2) is 17.5 Å². The van der Waals surface area contributed by atoms with Crippen LogP contribution in [-0.4, -0.2) is 62.3 Å². The molecule has 2 aliphatic heterocycles. The van der Waals surface area contributed by atoms with Gasteiger partial charge in [-0.15, -0.1) is 24.0 Å². The maximum absolute atomic E-state index is 6.13. The highest BCUT2D eigenvalue weighted by Gasteiger charge is 2.18. The van der Waals surface area contributed by atoms with Crippen molar-refractivity contribution in [2.24, 2.45) is 10.7 Å². The summed E-state index contributed by atoms with van der Waals surface area (Å²) < 4.78 is 11.4. The van der Waals surface area contributed by atoms with Gasteiger partial charge >= 0.3 is 0 Å². The van der Waals surface area contributed by atoms with E-state index in [4.69, 9.17) is 15.2 Å². The number of hydrogen-bond donors (Lipinski definition) is 2. The van der Waals surface area contributed by atoms with Crippen LogP contribution in [0.15, 0.2) is 41.5 Å². The number of rotatable bonds is 4. The minimum atomic E-state index is 0. The zero-order valence-corrected chi connectivity index (χ0v) is 19.5. The number of likely N-dealkylation sites (N-methyl/N-ethyl adjacent to an activating group) is 1. The molecule has 2 aromatic rings. The molecule has 0 amide bonds. The van der Waals surface area contributed by atoms with Crippen LogP contribution >= 0.6 is 24.0 Å². The van der Waals surface area contributed by atoms with Crippen molar-refractivity contribution in [3.63, 3.8) is 0 Å². The maximum atomic E-state index is 6.13. The van der Waals surface area contributed by atoms with E-state index in [0.717, 1.165) is 61.2 Å². The van der Waals surface area contributed by atoms with Gasteiger partial charge in [-0.3, -0.25) is 0 Å². The van der Waals surface area contributed by atoms with Gasteiger partial charge in [-0.05, 0) is 25.2 Å². The number of benzene rings is 1. The Bertz CT molecular complexity index is 870. The molecule has 1 fully saturated rings. The molecule has 3 heterocycles. The standard InChI is InChI=1S/C21H28N6O2.HI/c1-26-8-10-27(11-9-26)20-16(4-2-7-23-20)15-24-21(22)25-17-5-6-18-19(14-17)29-13-3-12-28-18;/h2,4-7,14H,3,8-13,15H2,1H3,(H3,22,24,25);1H. The Hall–Kier alpha value is -2.27. The molecule has 0 aliphatic carbocycles. The molecule has 8 nitrogen and oxygen atoms in total. The van der Waals surface area contributed by atoms with Crippen molar-refractivity contribution in [2.75, 3.05) is 56.7 Å². The van der Waals surface area contributed by atoms with E-state index in [1.54, 1.807) is 0 Å². The minimum absolute atomic E-state index is 0. The first-order valence-electron chi connectivity index (χ1n) is 10.0. The lowest BCUT2D eigenvalue weighted by atomic mass is 10.2. The molecule has 1 saturated heterocycles. The van der Waals surface area contributed by atoms with Crippen molar-refractivity contribution < 1.29 is 9.47 Å². The van der Waals surface area contributed by atoms with Gasteiger partial charge in [0, 0.05) is 56.1 Å². The lowest BCUT2D eigenvalue weighted by Gasteiger charge is -2.34. The monoisotopic (exact) mass is 524 g/mol. The van der Waals surface area contributed by atoms with Crippen LogP contribution in [-0.2, 0) is 6.54 Å². The molecule has 9 heteroatoms. The molecule has 162 valence electrons. The first-order chi connectivity index (χ1) is 14.2. The Kier molecular flexibility index (Phi) is 7.97. The number of halogens is 1. The molecule has 1 aromatic heterocycles. The molecule has 2 aliphatic rings. The van der Waals surface area contributed by atoms with E-state index in [-0.39, 0.29) is 24.0 Å². The van der Waals surface area contributed by atoms with E-state index in [1.807, 2.05) is 30.5 Å². The molecule has 0 radical (unpaired) electrons. The van der Waals surface area contributed by atoms with Crippen LogP contribution in [0, 0.1) is 0 Å². The van der Waals surface area contributed by atoms with Gasteiger partial charge in [0.2, 0.25) is 0 Å². The molecule has 0 bridgehead atoms. The Labute approximate surface area is 194 Å². The fraction of sp³-hybridized carbons (Fsp3) is 0.429. The third-order valence-electron chi connectivity index (χ3n) is 5.11. The molecule has 1 aromatic carbocycles. The second kappa shape index (κ2) is 10.7. The Balaban J connectivity index is 0.00000256. The number of hydrogen-bond acceptors (Lipinski definition) is 6. The minimum Gasteiger partial charge on any atom is -0.490 e. The highest BCUT2D eigenvalue weighted by Crippen LogP contribution is 2.32. The van der Waals surface area contributed by atoms with Crippen molar-refractivity contribution in [3.8, 4) is 11.5 Å². The number of guanidine groups is 1. The number of fused-ring (bicyclic) bond motifs is 1. The second-order valence-electron chi connectivity index (χ2n) is 7.31. The largest absolute Gasteiger partial charge is 0.490 e. The Morgan fingerprint density at radius 1 is 1.13 bits per heavy atom. The summed E-state index contributed by atoms with van der Waals surface area (Å²) in [5.74, 6) is 2.83. The van der Waals surface area contributed by atoms with Gasteiger partial charge in [0.05, 0.1) is 19.8 Å². The topological polar surface area (TPSA) is 88.2 Å². The van der Waals surface area contributed by atoms with E-state index in [0.29, 0.717) is 25.7 Å². The summed E-state index contributed by atoms with van der Waals surface area (Å²) >= 11 is 0. The van der Waals surface area contributed by atoms with Gasteiger partial charge in [0.25, 0.3) is 0 Å². The van der Waals surface area contributed by atoms with Gasteiger partial charge < -0.3 is 30.3 Å². The molecule has 3 N–H and O–H groups in total. The third-order valence-corrected chi connectivity index (χ3v) is 5.11. The lowest BCUT2D eigenvalue weighted by molar-refractivity contribution is 0.297. The molecule has 4 rings (SSSR count). The Morgan fingerprint density at radius 3 is 2.70 bits per heavy atom. The van der Waals surface area contributed by atoms with Crippen molar-refractivity contribution >= 4 is 41.4 Å². The average molecular weight is 524 g/mol. The van der Waals surface area contributed by atoms with Crippen molar-refractivity contribution in [1.29, 1.82) is 0 Å². The Morgan fingerprint density at radius 2 is 1.90 bits per heavy atom. The fourth-order valence-corrected chi connectivity index (χ4v) is 3.46. The lowest BCUT2D eigenvalue weighted by Crippen LogP contribution is -2.45. The van der Waals surface area contributed by atoms with Crippen molar-refractivity contribution in [3.05, 3.63) is 42.1 Å². The first kappa shape index (κ1) is 22.4.